The van der Waals surface area contributed by atoms with Crippen LogP contribution >= 0.6 is 0 Å². The van der Waals surface area contributed by atoms with E-state index in [2.05, 4.69) is 5.32 Å². The zero-order chi connectivity index (χ0) is 42.0. The number of aliphatic hydroxyl groups is 4. The number of hydrogen-bond donors (Lipinski definition) is 5. The third kappa shape index (κ3) is 6.78. The van der Waals surface area contributed by atoms with E-state index in [1.807, 2.05) is 0 Å². The summed E-state index contributed by atoms with van der Waals surface area (Å²) in [4.78, 5) is 69.1. The minimum Gasteiger partial charge on any atom is -0.456 e. The molecule has 3 aliphatic carbocycles. The molecule has 1 amide bonds. The molecule has 308 valence electrons. The summed E-state index contributed by atoms with van der Waals surface area (Å²) in [6, 6.07) is 15.0. The summed E-state index contributed by atoms with van der Waals surface area (Å²) in [5, 5.41) is 51.7. The lowest BCUT2D eigenvalue weighted by Crippen LogP contribution is -2.81. The SMILES string of the molecule is CC(=O)O[C@@]12COC1C[C@H](O)[C@@]1(C)C(=O)[C@H](O)C3=C(C)[C@@H](OC(=O)[C@H](O)[C@H](NC(=O)c4ccccc4)C(C)(C)C)C[C@@](O)([C@@H](OC(=O)c4ccccc4)[C@@H]12)C3(C)C. The van der Waals surface area contributed by atoms with E-state index in [4.69, 9.17) is 18.9 Å². The number of fused-ring (bicyclic) bond motifs is 5. The number of nitrogens with one attached hydrogen (secondary N) is 1. The maximum atomic E-state index is 14.9. The van der Waals surface area contributed by atoms with Crippen LogP contribution in [0.15, 0.2) is 71.8 Å². The average molecular weight is 792 g/mol. The van der Waals surface area contributed by atoms with Gasteiger partial charge in [-0.25, -0.2) is 9.59 Å². The third-order valence-corrected chi connectivity index (χ3v) is 13.0. The molecule has 1 heterocycles. The predicted molar refractivity (Wildman–Crippen MR) is 202 cm³/mol. The predicted octanol–water partition coefficient (Wildman–Crippen LogP) is 2.84. The highest BCUT2D eigenvalue weighted by atomic mass is 16.6. The van der Waals surface area contributed by atoms with Crippen LogP contribution in [-0.2, 0) is 33.3 Å². The Labute approximate surface area is 331 Å². The molecule has 14 heteroatoms. The van der Waals surface area contributed by atoms with Crippen LogP contribution < -0.4 is 5.32 Å². The molecule has 2 aromatic rings. The number of rotatable bonds is 8. The number of benzene rings is 2. The summed E-state index contributed by atoms with van der Waals surface area (Å²) < 4.78 is 24.1. The van der Waals surface area contributed by atoms with Crippen LogP contribution in [0.4, 0.5) is 0 Å². The van der Waals surface area contributed by atoms with Gasteiger partial charge in [-0.05, 0) is 54.7 Å². The first-order valence-electron chi connectivity index (χ1n) is 19.2. The molecule has 57 heavy (non-hydrogen) atoms. The van der Waals surface area contributed by atoms with Crippen LogP contribution in [0, 0.1) is 22.2 Å². The van der Waals surface area contributed by atoms with Gasteiger partial charge < -0.3 is 44.7 Å². The number of esters is 3. The third-order valence-electron chi connectivity index (χ3n) is 13.0. The number of ketones is 1. The van der Waals surface area contributed by atoms with E-state index in [-0.39, 0.29) is 29.7 Å². The smallest absolute Gasteiger partial charge is 0.338 e. The molecule has 0 spiro atoms. The Morgan fingerprint density at radius 3 is 2.04 bits per heavy atom. The maximum absolute atomic E-state index is 14.9. The number of ether oxygens (including phenoxy) is 4. The van der Waals surface area contributed by atoms with E-state index in [9.17, 15) is 44.4 Å². The summed E-state index contributed by atoms with van der Waals surface area (Å²) in [5.74, 6) is -5.79. The molecule has 2 saturated carbocycles. The van der Waals surface area contributed by atoms with Crippen molar-refractivity contribution in [3.63, 3.8) is 0 Å². The number of Topliss-reactive ketones (excluding diaryl/α,β-unsaturated/α-hetero) is 1. The van der Waals surface area contributed by atoms with Gasteiger partial charge in [0.1, 0.15) is 30.0 Å². The fraction of sp³-hybridized carbons (Fsp3) is 0.558. The van der Waals surface area contributed by atoms with Gasteiger partial charge in [-0.2, -0.15) is 0 Å². The molecule has 1 saturated heterocycles. The zero-order valence-electron chi connectivity index (χ0n) is 33.5. The summed E-state index contributed by atoms with van der Waals surface area (Å²) in [6.07, 6.45) is -10.3. The molecule has 5 N–H and O–H groups in total. The molecule has 0 aromatic heterocycles. The highest BCUT2D eigenvalue weighted by molar-refractivity contribution is 5.95. The van der Waals surface area contributed by atoms with E-state index >= 15 is 0 Å². The van der Waals surface area contributed by atoms with Gasteiger partial charge in [0.15, 0.2) is 17.5 Å². The van der Waals surface area contributed by atoms with E-state index in [1.54, 1.807) is 83.1 Å². The van der Waals surface area contributed by atoms with Gasteiger partial charge in [-0.1, -0.05) is 71.0 Å². The minimum atomic E-state index is -2.33. The Kier molecular flexibility index (Phi) is 10.9. The van der Waals surface area contributed by atoms with Crippen molar-refractivity contribution in [2.75, 3.05) is 6.61 Å². The number of hydrogen-bond acceptors (Lipinski definition) is 13. The maximum Gasteiger partial charge on any atom is 0.338 e. The van der Waals surface area contributed by atoms with Gasteiger partial charge in [0.05, 0.1) is 35.6 Å². The van der Waals surface area contributed by atoms with Crippen LogP contribution in [0.2, 0.25) is 0 Å². The molecule has 1 unspecified atom stereocenters. The normalized spacial score (nSPS) is 34.1. The van der Waals surface area contributed by atoms with Crippen molar-refractivity contribution in [3.05, 3.63) is 82.9 Å². The topological polar surface area (TPSA) is 215 Å². The van der Waals surface area contributed by atoms with Crippen LogP contribution in [0.25, 0.3) is 0 Å². The Morgan fingerprint density at radius 1 is 0.930 bits per heavy atom. The van der Waals surface area contributed by atoms with Crippen molar-refractivity contribution in [2.45, 2.75) is 122 Å². The molecular formula is C43H53NO13. The minimum absolute atomic E-state index is 0.0422. The monoisotopic (exact) mass is 791 g/mol. The lowest BCUT2D eigenvalue weighted by molar-refractivity contribution is -0.346. The van der Waals surface area contributed by atoms with Crippen molar-refractivity contribution >= 4 is 29.6 Å². The van der Waals surface area contributed by atoms with Gasteiger partial charge in [-0.3, -0.25) is 14.4 Å². The molecular weight excluding hydrogens is 738 g/mol. The highest BCUT2D eigenvalue weighted by Crippen LogP contribution is 2.64. The Balaban J connectivity index is 1.48. The van der Waals surface area contributed by atoms with Crippen molar-refractivity contribution < 1.29 is 63.3 Å². The summed E-state index contributed by atoms with van der Waals surface area (Å²) in [7, 11) is 0. The second-order valence-electron chi connectivity index (χ2n) is 17.7. The first-order chi connectivity index (χ1) is 26.5. The fourth-order valence-electron chi connectivity index (χ4n) is 9.70. The quantitative estimate of drug-likeness (QED) is 0.148. The molecule has 3 fully saturated rings. The van der Waals surface area contributed by atoms with E-state index in [0.717, 1.165) is 6.92 Å². The molecule has 1 aliphatic heterocycles. The number of amides is 1. The molecule has 4 aliphatic rings. The molecule has 14 nitrogen and oxygen atoms in total. The Hall–Kier alpha value is -4.47. The average Bonchev–Trinajstić information content (AvgIpc) is 3.15. The molecule has 11 atom stereocenters. The lowest BCUT2D eigenvalue weighted by Gasteiger charge is -2.67. The number of carbonyl (C=O) groups excluding carboxylic acids is 5. The molecule has 2 aromatic carbocycles. The van der Waals surface area contributed by atoms with Gasteiger partial charge in [-0.15, -0.1) is 0 Å². The van der Waals surface area contributed by atoms with Crippen LogP contribution in [0.1, 0.15) is 88.9 Å². The largest absolute Gasteiger partial charge is 0.456 e. The first kappa shape index (κ1) is 42.1. The van der Waals surface area contributed by atoms with Crippen molar-refractivity contribution in [2.24, 2.45) is 22.2 Å². The van der Waals surface area contributed by atoms with E-state index < -0.39 is 112 Å². The number of aliphatic hydroxyl groups excluding tert-OH is 3. The van der Waals surface area contributed by atoms with E-state index in [0.29, 0.717) is 5.56 Å². The summed E-state index contributed by atoms with van der Waals surface area (Å²) in [5.41, 5.74) is -8.00. The van der Waals surface area contributed by atoms with E-state index in [1.165, 1.54) is 26.0 Å². The Morgan fingerprint density at radius 2 is 1.51 bits per heavy atom. The second-order valence-corrected chi connectivity index (χ2v) is 17.7. The van der Waals surface area contributed by atoms with Gasteiger partial charge >= 0.3 is 17.9 Å². The van der Waals surface area contributed by atoms with Gasteiger partial charge in [0.25, 0.3) is 5.91 Å². The second kappa shape index (κ2) is 14.7. The van der Waals surface area contributed by atoms with Crippen molar-refractivity contribution in [1.82, 2.24) is 5.32 Å². The standard InChI is InChI=1S/C43H53NO13/c1-22-26(55-38(52)31(48)33(39(3,4)5)44-36(50)24-15-11-9-12-16-24)20-43(53)35(56-37(51)25-17-13-10-14-18-25)32-41(8,34(49)30(47)29(22)40(43,6)7)27(46)19-28-42(32,21-54-28)57-23(2)45/h9-18,26-28,30-33,35,46-48,53H,19-21H2,1-8H3,(H,44,50)/t26-,27-,28?,30+,31+,32-,33-,35-,41+,42-,43+/m0/s1. The number of carbonyl (C=O) groups is 5. The Bertz CT molecular complexity index is 1960. The highest BCUT2D eigenvalue weighted by Gasteiger charge is 2.78. The van der Waals surface area contributed by atoms with Gasteiger partial charge in [0, 0.05) is 30.7 Å². The van der Waals surface area contributed by atoms with Crippen LogP contribution in [0.5, 0.6) is 0 Å². The van der Waals surface area contributed by atoms with Crippen LogP contribution in [0.3, 0.4) is 0 Å². The summed E-state index contributed by atoms with van der Waals surface area (Å²) >= 11 is 0. The molecule has 0 radical (unpaired) electrons. The van der Waals surface area contributed by atoms with Crippen LogP contribution in [-0.4, -0.2) is 110 Å². The summed E-state index contributed by atoms with van der Waals surface area (Å²) in [6.45, 7) is 12.1. The molecule has 2 bridgehead atoms. The van der Waals surface area contributed by atoms with Crippen molar-refractivity contribution in [3.8, 4) is 0 Å². The van der Waals surface area contributed by atoms with Gasteiger partial charge in [0.2, 0.25) is 0 Å². The lowest BCUT2D eigenvalue weighted by atomic mass is 9.44. The molecule has 6 rings (SSSR count). The first-order valence-corrected chi connectivity index (χ1v) is 19.2. The zero-order valence-corrected chi connectivity index (χ0v) is 33.5. The fourth-order valence-corrected chi connectivity index (χ4v) is 9.70. The van der Waals surface area contributed by atoms with Crippen molar-refractivity contribution in [1.29, 1.82) is 0 Å².